The van der Waals surface area contributed by atoms with Gasteiger partial charge in [0.05, 0.1) is 17.6 Å². The second-order valence-corrected chi connectivity index (χ2v) is 6.11. The summed E-state index contributed by atoms with van der Waals surface area (Å²) in [4.78, 5) is 4.11. The van der Waals surface area contributed by atoms with Crippen LogP contribution in [0.1, 0.15) is 49.9 Å². The topological polar surface area (TPSA) is 53.6 Å². The Hall–Kier alpha value is -2.36. The van der Waals surface area contributed by atoms with Gasteiger partial charge in [0.25, 0.3) is 0 Å². The van der Waals surface area contributed by atoms with Crippen LogP contribution in [0.25, 0.3) is 17.8 Å². The predicted molar refractivity (Wildman–Crippen MR) is 97.5 cm³/mol. The lowest BCUT2D eigenvalue weighted by atomic mass is 10.1. The van der Waals surface area contributed by atoms with Gasteiger partial charge in [0.15, 0.2) is 0 Å². The summed E-state index contributed by atoms with van der Waals surface area (Å²) in [5.74, 6) is 0.773. The molecule has 4 nitrogen and oxygen atoms in total. The van der Waals surface area contributed by atoms with Crippen LogP contribution < -0.4 is 5.32 Å². The first kappa shape index (κ1) is 17.0. The van der Waals surface area contributed by atoms with Gasteiger partial charge in [0.2, 0.25) is 0 Å². The highest BCUT2D eigenvalue weighted by atomic mass is 15.1. The van der Waals surface area contributed by atoms with Gasteiger partial charge in [-0.05, 0) is 24.0 Å². The first-order valence-electron chi connectivity index (χ1n) is 8.21. The number of aromatic nitrogens is 3. The van der Waals surface area contributed by atoms with Crippen molar-refractivity contribution in [2.75, 3.05) is 6.54 Å². The quantitative estimate of drug-likeness (QED) is 0.677. The summed E-state index contributed by atoms with van der Waals surface area (Å²) in [6, 6.07) is 3.94. The average Bonchev–Trinajstić information content (AvgIpc) is 3.02. The lowest BCUT2D eigenvalue weighted by molar-refractivity contribution is 0.534. The highest BCUT2D eigenvalue weighted by molar-refractivity contribution is 5.76. The highest BCUT2D eigenvalue weighted by Crippen LogP contribution is 2.16. The Labute approximate surface area is 138 Å². The van der Waals surface area contributed by atoms with Gasteiger partial charge >= 0.3 is 0 Å². The molecular weight excluding hydrogens is 284 g/mol. The molecule has 2 N–H and O–H groups in total. The summed E-state index contributed by atoms with van der Waals surface area (Å²) >= 11 is 0. The molecule has 0 aliphatic carbocycles. The molecule has 0 aromatic carbocycles. The van der Waals surface area contributed by atoms with Crippen molar-refractivity contribution < 1.29 is 0 Å². The molecule has 0 aliphatic heterocycles. The molecule has 2 rings (SSSR count). The molecule has 0 atom stereocenters. The van der Waals surface area contributed by atoms with Crippen LogP contribution in [0.2, 0.25) is 0 Å². The Kier molecular flexibility index (Phi) is 6.60. The molecule has 0 aliphatic rings. The molecule has 2 heterocycles. The van der Waals surface area contributed by atoms with Gasteiger partial charge < -0.3 is 5.32 Å². The van der Waals surface area contributed by atoms with E-state index in [1.807, 2.05) is 36.7 Å². The Balaban J connectivity index is 1.87. The zero-order valence-corrected chi connectivity index (χ0v) is 14.0. The number of aromatic amines is 1. The van der Waals surface area contributed by atoms with E-state index in [4.69, 9.17) is 0 Å². The van der Waals surface area contributed by atoms with Gasteiger partial charge in [-0.1, -0.05) is 51.5 Å². The SMILES string of the molecule is C=C(NCCCCC(C)C)c1[nH]ncc1/C=C/c1cccnc1. The van der Waals surface area contributed by atoms with Gasteiger partial charge in [-0.3, -0.25) is 10.1 Å². The molecule has 2 aromatic heterocycles. The van der Waals surface area contributed by atoms with Crippen LogP contribution in [-0.4, -0.2) is 21.7 Å². The van der Waals surface area contributed by atoms with Crippen LogP contribution in [0.5, 0.6) is 0 Å². The lowest BCUT2D eigenvalue weighted by Gasteiger charge is -2.09. The van der Waals surface area contributed by atoms with Crippen LogP contribution in [0.15, 0.2) is 37.3 Å². The van der Waals surface area contributed by atoms with Crippen LogP contribution in [0.3, 0.4) is 0 Å². The zero-order valence-electron chi connectivity index (χ0n) is 14.0. The van der Waals surface area contributed by atoms with E-state index in [2.05, 4.69) is 40.9 Å². The molecule has 0 radical (unpaired) electrons. The molecule has 0 unspecified atom stereocenters. The van der Waals surface area contributed by atoms with Crippen molar-refractivity contribution in [1.82, 2.24) is 20.5 Å². The van der Waals surface area contributed by atoms with Crippen molar-refractivity contribution in [2.24, 2.45) is 5.92 Å². The number of rotatable bonds is 9. The molecule has 0 spiro atoms. The van der Waals surface area contributed by atoms with Gasteiger partial charge in [-0.2, -0.15) is 5.10 Å². The number of nitrogens with zero attached hydrogens (tertiary/aromatic N) is 2. The molecule has 23 heavy (non-hydrogen) atoms. The Morgan fingerprint density at radius 1 is 1.30 bits per heavy atom. The third-order valence-electron chi connectivity index (χ3n) is 3.66. The lowest BCUT2D eigenvalue weighted by Crippen LogP contribution is -2.14. The summed E-state index contributed by atoms with van der Waals surface area (Å²) in [5.41, 5.74) is 3.91. The molecule has 0 saturated carbocycles. The van der Waals surface area contributed by atoms with E-state index in [1.54, 1.807) is 6.20 Å². The monoisotopic (exact) mass is 310 g/mol. The highest BCUT2D eigenvalue weighted by Gasteiger charge is 2.06. The number of pyridine rings is 1. The van der Waals surface area contributed by atoms with Gasteiger partial charge in [-0.15, -0.1) is 0 Å². The van der Waals surface area contributed by atoms with Crippen molar-refractivity contribution in [3.63, 3.8) is 0 Å². The molecule has 4 heteroatoms. The number of H-pyrrole nitrogens is 1. The number of unbranched alkanes of at least 4 members (excludes halogenated alkanes) is 1. The van der Waals surface area contributed by atoms with Crippen molar-refractivity contribution in [3.8, 4) is 0 Å². The molecule has 0 amide bonds. The van der Waals surface area contributed by atoms with E-state index in [-0.39, 0.29) is 0 Å². The summed E-state index contributed by atoms with van der Waals surface area (Å²) in [6.45, 7) is 9.58. The predicted octanol–water partition coefficient (Wildman–Crippen LogP) is 4.36. The van der Waals surface area contributed by atoms with Crippen molar-refractivity contribution >= 4 is 17.8 Å². The first-order valence-corrected chi connectivity index (χ1v) is 8.21. The van der Waals surface area contributed by atoms with E-state index in [0.717, 1.165) is 41.4 Å². The molecule has 0 fully saturated rings. The van der Waals surface area contributed by atoms with E-state index >= 15 is 0 Å². The number of nitrogens with one attached hydrogen (secondary N) is 2. The second kappa shape index (κ2) is 8.93. The largest absolute Gasteiger partial charge is 0.384 e. The Bertz CT molecular complexity index is 626. The molecule has 122 valence electrons. The number of hydrogen-bond acceptors (Lipinski definition) is 3. The Morgan fingerprint density at radius 2 is 2.17 bits per heavy atom. The van der Waals surface area contributed by atoms with E-state index in [9.17, 15) is 0 Å². The van der Waals surface area contributed by atoms with E-state index < -0.39 is 0 Å². The average molecular weight is 310 g/mol. The minimum atomic E-state index is 0.773. The number of hydrogen-bond donors (Lipinski definition) is 2. The summed E-state index contributed by atoms with van der Waals surface area (Å²) in [6.07, 6.45) is 13.1. The fraction of sp³-hybridized carbons (Fsp3) is 0.368. The van der Waals surface area contributed by atoms with Crippen LogP contribution in [-0.2, 0) is 0 Å². The van der Waals surface area contributed by atoms with Crippen LogP contribution in [0, 0.1) is 5.92 Å². The van der Waals surface area contributed by atoms with Crippen molar-refractivity contribution in [2.45, 2.75) is 33.1 Å². The standard InChI is InChI=1S/C19H26N4/c1-15(2)7-4-5-12-21-16(3)19-18(14-22-23-19)10-9-17-8-6-11-20-13-17/h6,8-11,13-15,21H,3-5,7,12H2,1-2H3,(H,22,23)/b10-9+. The van der Waals surface area contributed by atoms with Gasteiger partial charge in [0, 0.05) is 24.5 Å². The maximum atomic E-state index is 4.13. The molecule has 0 saturated heterocycles. The summed E-state index contributed by atoms with van der Waals surface area (Å²) < 4.78 is 0. The summed E-state index contributed by atoms with van der Waals surface area (Å²) in [5, 5.41) is 10.5. The third-order valence-corrected chi connectivity index (χ3v) is 3.66. The first-order chi connectivity index (χ1) is 11.2. The van der Waals surface area contributed by atoms with Crippen molar-refractivity contribution in [1.29, 1.82) is 0 Å². The fourth-order valence-corrected chi connectivity index (χ4v) is 2.33. The maximum absolute atomic E-state index is 4.13. The van der Waals surface area contributed by atoms with Gasteiger partial charge in [-0.25, -0.2) is 0 Å². The summed E-state index contributed by atoms with van der Waals surface area (Å²) in [7, 11) is 0. The van der Waals surface area contributed by atoms with E-state index in [1.165, 1.54) is 12.8 Å². The Morgan fingerprint density at radius 3 is 2.91 bits per heavy atom. The molecule has 2 aromatic rings. The molecular formula is C19H26N4. The zero-order chi connectivity index (χ0) is 16.5. The van der Waals surface area contributed by atoms with Gasteiger partial charge in [0.1, 0.15) is 0 Å². The maximum Gasteiger partial charge on any atom is 0.0875 e. The third kappa shape index (κ3) is 5.74. The van der Waals surface area contributed by atoms with Crippen LogP contribution in [0.4, 0.5) is 0 Å². The van der Waals surface area contributed by atoms with Crippen LogP contribution >= 0.6 is 0 Å². The normalized spacial score (nSPS) is 11.3. The minimum absolute atomic E-state index is 0.773. The van der Waals surface area contributed by atoms with Crippen molar-refractivity contribution in [3.05, 3.63) is 54.1 Å². The smallest absolute Gasteiger partial charge is 0.0875 e. The fourth-order valence-electron chi connectivity index (χ4n) is 2.33. The van der Waals surface area contributed by atoms with E-state index in [0.29, 0.717) is 0 Å². The second-order valence-electron chi connectivity index (χ2n) is 6.11. The minimum Gasteiger partial charge on any atom is -0.384 e. The molecule has 0 bridgehead atoms.